The first-order chi connectivity index (χ1) is 14.3. The third-order valence-corrected chi connectivity index (χ3v) is 4.92. The molecule has 0 aliphatic rings. The van der Waals surface area contributed by atoms with Gasteiger partial charge in [0.25, 0.3) is 0 Å². The Balaban J connectivity index is 2.04. The highest BCUT2D eigenvalue weighted by molar-refractivity contribution is 9.10. The predicted molar refractivity (Wildman–Crippen MR) is 110 cm³/mol. The molecule has 3 rings (SSSR count). The minimum atomic E-state index is -1.01. The third kappa shape index (κ3) is 4.40. The largest absolute Gasteiger partial charge is 0.478 e. The maximum absolute atomic E-state index is 14.7. The monoisotopic (exact) mass is 478 g/mol. The van der Waals surface area contributed by atoms with Gasteiger partial charge in [0.05, 0.1) is 18.8 Å². The van der Waals surface area contributed by atoms with Crippen molar-refractivity contribution < 1.29 is 27.8 Å². The van der Waals surface area contributed by atoms with Crippen LogP contribution in [0.1, 0.15) is 28.4 Å². The van der Waals surface area contributed by atoms with Crippen molar-refractivity contribution in [2.24, 2.45) is 5.73 Å². The van der Waals surface area contributed by atoms with Crippen LogP contribution in [0.4, 0.5) is 13.6 Å². The number of carbonyl (C=O) groups is 2. The number of ether oxygens (including phenoxy) is 2. The number of nitrogens with zero attached hydrogens (tertiary/aromatic N) is 1. The average molecular weight is 479 g/mol. The molecule has 0 aliphatic carbocycles. The molecule has 1 heterocycles. The van der Waals surface area contributed by atoms with E-state index in [1.54, 1.807) is 19.1 Å². The van der Waals surface area contributed by atoms with Gasteiger partial charge >= 0.3 is 6.09 Å². The molecule has 9 heteroatoms. The van der Waals surface area contributed by atoms with Crippen molar-refractivity contribution in [3.63, 3.8) is 0 Å². The second kappa shape index (κ2) is 9.17. The number of hydrogen-bond acceptors (Lipinski definition) is 5. The summed E-state index contributed by atoms with van der Waals surface area (Å²) < 4.78 is 39.9. The van der Waals surface area contributed by atoms with Gasteiger partial charge in [-0.2, -0.15) is 0 Å². The van der Waals surface area contributed by atoms with Crippen LogP contribution >= 0.6 is 15.9 Å². The fourth-order valence-electron chi connectivity index (χ4n) is 3.07. The van der Waals surface area contributed by atoms with Crippen molar-refractivity contribution >= 4 is 38.6 Å². The van der Waals surface area contributed by atoms with Crippen molar-refractivity contribution in [2.75, 3.05) is 13.2 Å². The first kappa shape index (κ1) is 21.6. The van der Waals surface area contributed by atoms with E-state index in [-0.39, 0.29) is 24.2 Å². The zero-order chi connectivity index (χ0) is 21.8. The van der Waals surface area contributed by atoms with E-state index in [0.29, 0.717) is 27.7 Å². The van der Waals surface area contributed by atoms with Gasteiger partial charge in [0.2, 0.25) is 5.88 Å². The van der Waals surface area contributed by atoms with Gasteiger partial charge in [0.1, 0.15) is 11.6 Å². The molecule has 2 aromatic carbocycles. The van der Waals surface area contributed by atoms with E-state index in [9.17, 15) is 18.4 Å². The molecule has 30 heavy (non-hydrogen) atoms. The SMILES string of the molecule is CCOc1ncc(Br)c2c(C(=O)c3c(F)cc(CCOC(N)=O)cc3F)cccc12. The number of hydrogen-bond donors (Lipinski definition) is 1. The Morgan fingerprint density at radius 1 is 1.20 bits per heavy atom. The van der Waals surface area contributed by atoms with Gasteiger partial charge in [0, 0.05) is 33.4 Å². The van der Waals surface area contributed by atoms with Crippen LogP contribution in [-0.2, 0) is 11.2 Å². The molecule has 1 aromatic heterocycles. The molecule has 0 radical (unpaired) electrons. The first-order valence-corrected chi connectivity index (χ1v) is 9.77. The lowest BCUT2D eigenvalue weighted by Gasteiger charge is -2.12. The average Bonchev–Trinajstić information content (AvgIpc) is 2.69. The van der Waals surface area contributed by atoms with Crippen molar-refractivity contribution in [1.82, 2.24) is 4.98 Å². The number of primary amides is 1. The predicted octanol–water partition coefficient (Wildman–Crippen LogP) is 4.54. The molecule has 0 atom stereocenters. The lowest BCUT2D eigenvalue weighted by molar-refractivity contribution is 0.103. The molecule has 0 bridgehead atoms. The van der Waals surface area contributed by atoms with Gasteiger partial charge in [-0.1, -0.05) is 12.1 Å². The summed E-state index contributed by atoms with van der Waals surface area (Å²) in [4.78, 5) is 27.9. The summed E-state index contributed by atoms with van der Waals surface area (Å²) in [6.45, 7) is 2.03. The molecule has 0 aliphatic heterocycles. The lowest BCUT2D eigenvalue weighted by atomic mass is 9.96. The normalized spacial score (nSPS) is 10.8. The first-order valence-electron chi connectivity index (χ1n) is 8.98. The number of aromatic nitrogens is 1. The van der Waals surface area contributed by atoms with Gasteiger partial charge in [-0.15, -0.1) is 0 Å². The second-order valence-corrected chi connectivity index (χ2v) is 7.11. The minimum absolute atomic E-state index is 0.0501. The molecule has 0 spiro atoms. The summed E-state index contributed by atoms with van der Waals surface area (Å²) in [6.07, 6.45) is 0.540. The third-order valence-electron chi connectivity index (χ3n) is 4.32. The zero-order valence-corrected chi connectivity index (χ0v) is 17.5. The van der Waals surface area contributed by atoms with Crippen LogP contribution in [-0.4, -0.2) is 30.1 Å². The maximum atomic E-state index is 14.7. The number of rotatable bonds is 7. The van der Waals surface area contributed by atoms with Gasteiger partial charge in [-0.3, -0.25) is 4.79 Å². The zero-order valence-electron chi connectivity index (χ0n) is 15.9. The minimum Gasteiger partial charge on any atom is -0.478 e. The molecule has 0 fully saturated rings. The number of pyridine rings is 1. The van der Waals surface area contributed by atoms with Crippen LogP contribution in [0.25, 0.3) is 10.8 Å². The Morgan fingerprint density at radius 2 is 1.90 bits per heavy atom. The van der Waals surface area contributed by atoms with Crippen LogP contribution in [0.5, 0.6) is 5.88 Å². The quantitative estimate of drug-likeness (QED) is 0.503. The fourth-order valence-corrected chi connectivity index (χ4v) is 3.60. The summed E-state index contributed by atoms with van der Waals surface area (Å²) >= 11 is 3.35. The van der Waals surface area contributed by atoms with E-state index < -0.39 is 29.1 Å². The number of amides is 1. The highest BCUT2D eigenvalue weighted by Crippen LogP contribution is 2.34. The van der Waals surface area contributed by atoms with E-state index in [2.05, 4.69) is 25.7 Å². The van der Waals surface area contributed by atoms with Gasteiger partial charge in [-0.05, 0) is 46.6 Å². The maximum Gasteiger partial charge on any atom is 0.404 e. The molecule has 0 saturated heterocycles. The van der Waals surface area contributed by atoms with Gasteiger partial charge in [0.15, 0.2) is 5.78 Å². The molecule has 0 saturated carbocycles. The Hall–Kier alpha value is -3.07. The molecular weight excluding hydrogens is 462 g/mol. The fraction of sp³-hybridized carbons (Fsp3) is 0.190. The van der Waals surface area contributed by atoms with E-state index >= 15 is 0 Å². The van der Waals surface area contributed by atoms with Crippen LogP contribution in [0.2, 0.25) is 0 Å². The molecular formula is C21H17BrF2N2O4. The van der Waals surface area contributed by atoms with Crippen LogP contribution in [0, 0.1) is 11.6 Å². The summed E-state index contributed by atoms with van der Waals surface area (Å²) in [5, 5.41) is 0.983. The van der Waals surface area contributed by atoms with Crippen molar-refractivity contribution in [3.8, 4) is 5.88 Å². The van der Waals surface area contributed by atoms with Crippen LogP contribution in [0.15, 0.2) is 41.0 Å². The Labute approximate surface area is 179 Å². The van der Waals surface area contributed by atoms with E-state index in [0.717, 1.165) is 12.1 Å². The summed E-state index contributed by atoms with van der Waals surface area (Å²) in [7, 11) is 0. The summed E-state index contributed by atoms with van der Waals surface area (Å²) in [5.41, 5.74) is 4.51. The smallest absolute Gasteiger partial charge is 0.404 e. The van der Waals surface area contributed by atoms with Gasteiger partial charge < -0.3 is 15.2 Å². The standard InChI is InChI=1S/C21H17BrF2N2O4/c1-2-29-20-13-5-3-4-12(17(13)14(22)10-26-20)19(27)18-15(23)8-11(9-16(18)24)6-7-30-21(25)28/h3-5,8-10H,2,6-7H2,1H3,(H2,25,28). The molecule has 6 nitrogen and oxygen atoms in total. The van der Waals surface area contributed by atoms with Gasteiger partial charge in [-0.25, -0.2) is 18.6 Å². The molecule has 1 amide bonds. The molecule has 2 N–H and O–H groups in total. The van der Waals surface area contributed by atoms with E-state index in [1.807, 2.05) is 0 Å². The molecule has 156 valence electrons. The van der Waals surface area contributed by atoms with E-state index in [4.69, 9.17) is 10.5 Å². The number of ketones is 1. The topological polar surface area (TPSA) is 91.5 Å². The van der Waals surface area contributed by atoms with Crippen molar-refractivity contribution in [2.45, 2.75) is 13.3 Å². The highest BCUT2D eigenvalue weighted by Gasteiger charge is 2.23. The lowest BCUT2D eigenvalue weighted by Crippen LogP contribution is -2.15. The number of carbonyl (C=O) groups excluding carboxylic acids is 2. The Kier molecular flexibility index (Phi) is 6.61. The molecule has 0 unspecified atom stereocenters. The summed E-state index contributed by atoms with van der Waals surface area (Å²) in [6, 6.07) is 6.86. The number of fused-ring (bicyclic) bond motifs is 1. The molecule has 3 aromatic rings. The van der Waals surface area contributed by atoms with Crippen molar-refractivity contribution in [3.05, 3.63) is 69.3 Å². The number of halogens is 3. The number of benzene rings is 2. The Bertz CT molecular complexity index is 1110. The van der Waals surface area contributed by atoms with Crippen molar-refractivity contribution in [1.29, 1.82) is 0 Å². The summed E-state index contributed by atoms with van der Waals surface area (Å²) in [5.74, 6) is -2.52. The highest BCUT2D eigenvalue weighted by atomic mass is 79.9. The Morgan fingerprint density at radius 3 is 2.53 bits per heavy atom. The van der Waals surface area contributed by atoms with Crippen LogP contribution in [0.3, 0.4) is 0 Å². The van der Waals surface area contributed by atoms with Crippen LogP contribution < -0.4 is 10.5 Å². The number of nitrogens with two attached hydrogens (primary N) is 1. The second-order valence-electron chi connectivity index (χ2n) is 6.25. The van der Waals surface area contributed by atoms with E-state index in [1.165, 1.54) is 12.3 Å².